The summed E-state index contributed by atoms with van der Waals surface area (Å²) < 4.78 is 6.14. The molecule has 2 heterocycles. The van der Waals surface area contributed by atoms with Crippen LogP contribution in [0.25, 0.3) is 5.65 Å². The average molecular weight is 231 g/mol. The van der Waals surface area contributed by atoms with Crippen LogP contribution in [0.4, 0.5) is 0 Å². The van der Waals surface area contributed by atoms with Crippen molar-refractivity contribution in [1.29, 1.82) is 0 Å². The van der Waals surface area contributed by atoms with Crippen LogP contribution in [0.15, 0.2) is 23.1 Å². The average Bonchev–Trinajstić information content (AvgIpc) is 2.71. The second-order valence-corrected chi connectivity index (χ2v) is 3.26. The molecule has 2 aromatic rings. The molecular weight excluding hydrogens is 222 g/mol. The molecule has 0 saturated carbocycles. The molecule has 0 fully saturated rings. The summed E-state index contributed by atoms with van der Waals surface area (Å²) >= 11 is 0. The molecule has 0 radical (unpaired) electrons. The van der Waals surface area contributed by atoms with Crippen LogP contribution in [0.1, 0.15) is 16.8 Å². The van der Waals surface area contributed by atoms with E-state index in [0.717, 1.165) is 0 Å². The third kappa shape index (κ3) is 2.18. The molecule has 0 aliphatic carbocycles. The van der Waals surface area contributed by atoms with Crippen molar-refractivity contribution in [3.63, 3.8) is 0 Å². The van der Waals surface area contributed by atoms with Gasteiger partial charge >= 0.3 is 11.7 Å². The van der Waals surface area contributed by atoms with E-state index in [9.17, 15) is 9.59 Å². The van der Waals surface area contributed by atoms with Gasteiger partial charge in [0.25, 0.3) is 0 Å². The Morgan fingerprint density at radius 1 is 1.59 bits per heavy atom. The number of esters is 1. The zero-order valence-electron chi connectivity index (χ0n) is 8.84. The highest BCUT2D eigenvalue weighted by Gasteiger charge is 2.09. The number of carbonyl (C=O) groups is 1. The van der Waals surface area contributed by atoms with Gasteiger partial charge in [-0.05, 0) is 12.1 Å². The van der Waals surface area contributed by atoms with E-state index < -0.39 is 11.7 Å². The monoisotopic (exact) mass is 231 g/mol. The molecule has 6 heteroatoms. The molecule has 17 heavy (non-hydrogen) atoms. The molecule has 0 aliphatic heterocycles. The summed E-state index contributed by atoms with van der Waals surface area (Å²) in [7, 11) is 0. The lowest BCUT2D eigenvalue weighted by Gasteiger charge is -2.02. The quantitative estimate of drug-likeness (QED) is 0.465. The number of nitrogens with one attached hydrogen (secondary N) is 1. The number of rotatable bonds is 3. The van der Waals surface area contributed by atoms with E-state index in [1.54, 1.807) is 6.07 Å². The zero-order chi connectivity index (χ0) is 12.3. The minimum atomic E-state index is -0.518. The van der Waals surface area contributed by atoms with E-state index in [2.05, 4.69) is 16.1 Å². The third-order valence-electron chi connectivity index (χ3n) is 2.13. The van der Waals surface area contributed by atoms with Crippen LogP contribution >= 0.6 is 0 Å². The largest absolute Gasteiger partial charge is 0.461 e. The van der Waals surface area contributed by atoms with Crippen LogP contribution in [-0.2, 0) is 4.74 Å². The normalized spacial score (nSPS) is 10.1. The van der Waals surface area contributed by atoms with Crippen molar-refractivity contribution < 1.29 is 9.53 Å². The van der Waals surface area contributed by atoms with Gasteiger partial charge < -0.3 is 4.74 Å². The van der Waals surface area contributed by atoms with Gasteiger partial charge in [0.05, 0.1) is 5.56 Å². The number of fused-ring (bicyclic) bond motifs is 1. The van der Waals surface area contributed by atoms with Gasteiger partial charge in [-0.1, -0.05) is 0 Å². The molecule has 0 atom stereocenters. The van der Waals surface area contributed by atoms with E-state index >= 15 is 0 Å². The first kappa shape index (κ1) is 11.0. The molecule has 0 spiro atoms. The molecule has 0 saturated heterocycles. The second-order valence-electron chi connectivity index (χ2n) is 3.26. The van der Waals surface area contributed by atoms with Gasteiger partial charge in [-0.3, -0.25) is 0 Å². The maximum Gasteiger partial charge on any atom is 0.347 e. The van der Waals surface area contributed by atoms with Crippen molar-refractivity contribution in [1.82, 2.24) is 14.6 Å². The second kappa shape index (κ2) is 4.53. The Bertz CT molecular complexity index is 648. The highest BCUT2D eigenvalue weighted by atomic mass is 16.5. The molecule has 0 bridgehead atoms. The molecule has 2 rings (SSSR count). The van der Waals surface area contributed by atoms with E-state index in [0.29, 0.717) is 12.1 Å². The number of aromatic nitrogens is 3. The zero-order valence-corrected chi connectivity index (χ0v) is 8.84. The Hall–Kier alpha value is -2.55. The summed E-state index contributed by atoms with van der Waals surface area (Å²) in [6.07, 6.45) is 6.77. The molecule has 6 nitrogen and oxygen atoms in total. The Balaban J connectivity index is 2.24. The fourth-order valence-electron chi connectivity index (χ4n) is 1.31. The summed E-state index contributed by atoms with van der Waals surface area (Å²) in [5.74, 6) is 1.84. The molecule has 0 aromatic carbocycles. The minimum Gasteiger partial charge on any atom is -0.461 e. The topological polar surface area (TPSA) is 76.5 Å². The lowest BCUT2D eigenvalue weighted by atomic mass is 10.3. The van der Waals surface area contributed by atoms with Crippen LogP contribution in [0.3, 0.4) is 0 Å². The molecule has 86 valence electrons. The van der Waals surface area contributed by atoms with Gasteiger partial charge in [-0.25, -0.2) is 19.1 Å². The van der Waals surface area contributed by atoms with Crippen LogP contribution in [0.2, 0.25) is 0 Å². The van der Waals surface area contributed by atoms with Gasteiger partial charge in [0.1, 0.15) is 6.61 Å². The summed E-state index contributed by atoms with van der Waals surface area (Å²) in [6.45, 7) is 0.160. The lowest BCUT2D eigenvalue weighted by molar-refractivity contribution is 0.0513. The Morgan fingerprint density at radius 3 is 3.18 bits per heavy atom. The molecule has 2 aromatic heterocycles. The summed E-state index contributed by atoms with van der Waals surface area (Å²) in [5.41, 5.74) is 0.312. The standard InChI is InChI=1S/C11H9N3O3/c1-2-3-6-17-10(15)8-4-5-9-12-13-11(16)14(9)7-8/h1,4-5,7H,3,6H2,(H,13,16). The molecule has 0 aliphatic rings. The molecule has 0 amide bonds. The number of pyridine rings is 1. The maximum absolute atomic E-state index is 11.6. The Labute approximate surface area is 96.2 Å². The van der Waals surface area contributed by atoms with Crippen molar-refractivity contribution in [3.05, 3.63) is 34.4 Å². The smallest absolute Gasteiger partial charge is 0.347 e. The van der Waals surface area contributed by atoms with Crippen LogP contribution < -0.4 is 5.69 Å². The predicted octanol–water partition coefficient (Wildman–Crippen LogP) is 0.203. The van der Waals surface area contributed by atoms with Crippen LogP contribution in [0, 0.1) is 12.3 Å². The Kier molecular flexibility index (Phi) is 2.92. The van der Waals surface area contributed by atoms with Crippen molar-refractivity contribution in [2.45, 2.75) is 6.42 Å². The minimum absolute atomic E-state index is 0.160. The lowest BCUT2D eigenvalue weighted by Crippen LogP contribution is -2.12. The highest BCUT2D eigenvalue weighted by Crippen LogP contribution is 2.03. The van der Waals surface area contributed by atoms with E-state index in [1.165, 1.54) is 16.7 Å². The molecular formula is C11H9N3O3. The molecule has 1 N–H and O–H groups in total. The van der Waals surface area contributed by atoms with Crippen molar-refractivity contribution in [3.8, 4) is 12.3 Å². The van der Waals surface area contributed by atoms with Gasteiger partial charge in [-0.2, -0.15) is 5.10 Å². The number of aromatic amines is 1. The number of hydrogen-bond donors (Lipinski definition) is 1. The van der Waals surface area contributed by atoms with E-state index in [4.69, 9.17) is 11.2 Å². The van der Waals surface area contributed by atoms with E-state index in [1.807, 2.05) is 0 Å². The number of ether oxygens (including phenoxy) is 1. The first-order valence-electron chi connectivity index (χ1n) is 4.90. The van der Waals surface area contributed by atoms with Crippen molar-refractivity contribution in [2.75, 3.05) is 6.61 Å². The number of terminal acetylenes is 1. The van der Waals surface area contributed by atoms with Gasteiger partial charge in [-0.15, -0.1) is 12.3 Å². The van der Waals surface area contributed by atoms with Crippen molar-refractivity contribution in [2.24, 2.45) is 0 Å². The Morgan fingerprint density at radius 2 is 2.41 bits per heavy atom. The SMILES string of the molecule is C#CCCOC(=O)c1ccc2n[nH]c(=O)n2c1. The number of nitrogens with zero attached hydrogens (tertiary/aromatic N) is 2. The number of carbonyl (C=O) groups excluding carboxylic acids is 1. The van der Waals surface area contributed by atoms with Gasteiger partial charge in [0.2, 0.25) is 0 Å². The first-order valence-corrected chi connectivity index (χ1v) is 4.90. The summed E-state index contributed by atoms with van der Waals surface area (Å²) in [6, 6.07) is 3.09. The fraction of sp³-hybridized carbons (Fsp3) is 0.182. The summed E-state index contributed by atoms with van der Waals surface area (Å²) in [4.78, 5) is 22.8. The molecule has 0 unspecified atom stereocenters. The van der Waals surface area contributed by atoms with Crippen LogP contribution in [0.5, 0.6) is 0 Å². The number of hydrogen-bond acceptors (Lipinski definition) is 4. The van der Waals surface area contributed by atoms with Crippen molar-refractivity contribution >= 4 is 11.6 Å². The maximum atomic E-state index is 11.6. The summed E-state index contributed by atoms with van der Waals surface area (Å²) in [5, 5.41) is 6.01. The first-order chi connectivity index (χ1) is 8.22. The highest BCUT2D eigenvalue weighted by molar-refractivity contribution is 5.89. The van der Waals surface area contributed by atoms with Gasteiger partial charge in [0, 0.05) is 12.6 Å². The fourth-order valence-corrected chi connectivity index (χ4v) is 1.31. The third-order valence-corrected chi connectivity index (χ3v) is 2.13. The van der Waals surface area contributed by atoms with Crippen LogP contribution in [-0.4, -0.2) is 27.2 Å². The predicted molar refractivity (Wildman–Crippen MR) is 59.5 cm³/mol. The van der Waals surface area contributed by atoms with E-state index in [-0.39, 0.29) is 12.2 Å². The number of H-pyrrole nitrogens is 1. The van der Waals surface area contributed by atoms with Gasteiger partial charge in [0.15, 0.2) is 5.65 Å².